The fourth-order valence-electron chi connectivity index (χ4n) is 2.24. The number of fused-ring (bicyclic) bond motifs is 1. The molecule has 1 aromatic carbocycles. The van der Waals surface area contributed by atoms with E-state index < -0.39 is 5.91 Å². The Morgan fingerprint density at radius 1 is 1.42 bits per heavy atom. The molecule has 0 saturated heterocycles. The van der Waals surface area contributed by atoms with Gasteiger partial charge in [-0.25, -0.2) is 4.39 Å². The molecule has 0 unspecified atom stereocenters. The highest BCUT2D eigenvalue weighted by Crippen LogP contribution is 2.32. The van der Waals surface area contributed by atoms with Crippen molar-refractivity contribution in [2.45, 2.75) is 18.9 Å². The van der Waals surface area contributed by atoms with Crippen molar-refractivity contribution >= 4 is 23.6 Å². The van der Waals surface area contributed by atoms with E-state index in [9.17, 15) is 14.0 Å². The molecule has 1 aliphatic rings. The van der Waals surface area contributed by atoms with Crippen LogP contribution in [0.3, 0.4) is 0 Å². The Morgan fingerprint density at radius 2 is 2.21 bits per heavy atom. The lowest BCUT2D eigenvalue weighted by molar-refractivity contribution is -0.119. The SMILES string of the molecule is NC(=O)CSCC(=O)N[C@H]1CCc2c(F)cccc21. The molecule has 0 fully saturated rings. The van der Waals surface area contributed by atoms with Gasteiger partial charge in [0.2, 0.25) is 11.8 Å². The Balaban J connectivity index is 1.90. The summed E-state index contributed by atoms with van der Waals surface area (Å²) in [5.74, 6) is -0.496. The van der Waals surface area contributed by atoms with Gasteiger partial charge in [0.15, 0.2) is 0 Å². The van der Waals surface area contributed by atoms with Gasteiger partial charge >= 0.3 is 0 Å². The van der Waals surface area contributed by atoms with Crippen molar-refractivity contribution in [3.05, 3.63) is 35.1 Å². The van der Waals surface area contributed by atoms with E-state index in [1.807, 2.05) is 6.07 Å². The molecule has 0 bridgehead atoms. The number of hydrogen-bond acceptors (Lipinski definition) is 3. The summed E-state index contributed by atoms with van der Waals surface area (Å²) in [7, 11) is 0. The number of thioether (sulfide) groups is 1. The highest BCUT2D eigenvalue weighted by atomic mass is 32.2. The van der Waals surface area contributed by atoms with Crippen LogP contribution >= 0.6 is 11.8 Å². The van der Waals surface area contributed by atoms with E-state index in [4.69, 9.17) is 5.73 Å². The van der Waals surface area contributed by atoms with Gasteiger partial charge in [-0.2, -0.15) is 0 Å². The van der Waals surface area contributed by atoms with Gasteiger partial charge in [0.05, 0.1) is 17.5 Å². The van der Waals surface area contributed by atoms with Gasteiger partial charge in [-0.15, -0.1) is 11.8 Å². The van der Waals surface area contributed by atoms with Gasteiger partial charge in [-0.1, -0.05) is 12.1 Å². The highest BCUT2D eigenvalue weighted by molar-refractivity contribution is 8.00. The molecule has 2 rings (SSSR count). The third kappa shape index (κ3) is 3.47. The van der Waals surface area contributed by atoms with E-state index in [1.165, 1.54) is 17.8 Å². The molecular weight excluding hydrogens is 267 g/mol. The number of halogens is 1. The number of hydrogen-bond donors (Lipinski definition) is 2. The maximum atomic E-state index is 13.5. The molecule has 3 N–H and O–H groups in total. The molecule has 6 heteroatoms. The molecule has 1 aliphatic carbocycles. The molecule has 0 aliphatic heterocycles. The topological polar surface area (TPSA) is 72.2 Å². The monoisotopic (exact) mass is 282 g/mol. The van der Waals surface area contributed by atoms with Crippen LogP contribution in [-0.4, -0.2) is 23.3 Å². The van der Waals surface area contributed by atoms with Gasteiger partial charge in [-0.05, 0) is 30.0 Å². The first-order valence-corrected chi connectivity index (χ1v) is 7.16. The summed E-state index contributed by atoms with van der Waals surface area (Å²) in [5, 5.41) is 2.86. The lowest BCUT2D eigenvalue weighted by Crippen LogP contribution is -2.29. The number of nitrogens with two attached hydrogens (primary N) is 1. The number of amides is 2. The van der Waals surface area contributed by atoms with Gasteiger partial charge < -0.3 is 11.1 Å². The average Bonchev–Trinajstić information content (AvgIpc) is 2.73. The summed E-state index contributed by atoms with van der Waals surface area (Å²) in [6.45, 7) is 0. The van der Waals surface area contributed by atoms with E-state index in [2.05, 4.69) is 5.32 Å². The number of carbonyl (C=O) groups excluding carboxylic acids is 2. The maximum absolute atomic E-state index is 13.5. The van der Waals surface area contributed by atoms with Crippen molar-refractivity contribution in [3.63, 3.8) is 0 Å². The molecule has 102 valence electrons. The number of nitrogens with one attached hydrogen (secondary N) is 1. The van der Waals surface area contributed by atoms with Crippen LogP contribution in [0.4, 0.5) is 4.39 Å². The highest BCUT2D eigenvalue weighted by Gasteiger charge is 2.25. The fraction of sp³-hybridized carbons (Fsp3) is 0.385. The van der Waals surface area contributed by atoms with Gasteiger partial charge in [0.1, 0.15) is 5.82 Å². The number of carbonyl (C=O) groups is 2. The Bertz CT molecular complexity index is 507. The summed E-state index contributed by atoms with van der Waals surface area (Å²) in [5.41, 5.74) is 6.54. The van der Waals surface area contributed by atoms with Crippen LogP contribution in [0.15, 0.2) is 18.2 Å². The molecular formula is C13H15FN2O2S. The summed E-state index contributed by atoms with van der Waals surface area (Å²) < 4.78 is 13.5. The first-order valence-electron chi connectivity index (χ1n) is 6.00. The van der Waals surface area contributed by atoms with Gasteiger partial charge in [0.25, 0.3) is 0 Å². The third-order valence-corrected chi connectivity index (χ3v) is 3.98. The molecule has 0 radical (unpaired) electrons. The van der Waals surface area contributed by atoms with E-state index in [1.54, 1.807) is 6.07 Å². The molecule has 0 heterocycles. The molecule has 1 aromatic rings. The van der Waals surface area contributed by atoms with Crippen LogP contribution in [0, 0.1) is 5.82 Å². The Hall–Kier alpha value is -1.56. The summed E-state index contributed by atoms with van der Waals surface area (Å²) in [6, 6.07) is 4.80. The first kappa shape index (κ1) is 13.9. The zero-order valence-corrected chi connectivity index (χ0v) is 11.1. The Labute approximate surface area is 114 Å². The third-order valence-electron chi connectivity index (χ3n) is 3.03. The van der Waals surface area contributed by atoms with Crippen LogP contribution in [0.25, 0.3) is 0 Å². The van der Waals surface area contributed by atoms with Crippen LogP contribution < -0.4 is 11.1 Å². The van der Waals surface area contributed by atoms with Crippen molar-refractivity contribution in [3.8, 4) is 0 Å². The normalized spacial score (nSPS) is 17.0. The minimum absolute atomic E-state index is 0.128. The summed E-state index contributed by atoms with van der Waals surface area (Å²) in [4.78, 5) is 22.3. The number of primary amides is 1. The Kier molecular flexibility index (Phi) is 4.42. The second-order valence-electron chi connectivity index (χ2n) is 4.43. The zero-order valence-electron chi connectivity index (χ0n) is 10.3. The van der Waals surface area contributed by atoms with E-state index >= 15 is 0 Å². The first-order chi connectivity index (χ1) is 9.08. The van der Waals surface area contributed by atoms with Crippen LogP contribution in [-0.2, 0) is 16.0 Å². The molecule has 0 saturated carbocycles. The van der Waals surface area contributed by atoms with E-state index in [0.717, 1.165) is 5.56 Å². The fourth-order valence-corrected chi connectivity index (χ4v) is 2.81. The van der Waals surface area contributed by atoms with Crippen LogP contribution in [0.1, 0.15) is 23.6 Å². The van der Waals surface area contributed by atoms with Crippen molar-refractivity contribution in [1.29, 1.82) is 0 Å². The standard InChI is InChI=1S/C13H15FN2O2S/c14-10-3-1-2-9-8(10)4-5-11(9)16-13(18)7-19-6-12(15)17/h1-3,11H,4-7H2,(H2,15,17)(H,16,18)/t11-/m0/s1. The lowest BCUT2D eigenvalue weighted by Gasteiger charge is -2.13. The lowest BCUT2D eigenvalue weighted by atomic mass is 10.1. The smallest absolute Gasteiger partial charge is 0.230 e. The molecule has 4 nitrogen and oxygen atoms in total. The maximum Gasteiger partial charge on any atom is 0.230 e. The minimum atomic E-state index is -0.439. The second-order valence-corrected chi connectivity index (χ2v) is 5.41. The largest absolute Gasteiger partial charge is 0.369 e. The molecule has 1 atom stereocenters. The van der Waals surface area contributed by atoms with E-state index in [-0.39, 0.29) is 29.3 Å². The molecule has 0 aromatic heterocycles. The molecule has 0 spiro atoms. The number of rotatable bonds is 5. The van der Waals surface area contributed by atoms with Crippen molar-refractivity contribution in [1.82, 2.24) is 5.32 Å². The summed E-state index contributed by atoms with van der Waals surface area (Å²) >= 11 is 1.18. The second kappa shape index (κ2) is 6.06. The Morgan fingerprint density at radius 3 is 2.95 bits per heavy atom. The van der Waals surface area contributed by atoms with Gasteiger partial charge in [-0.3, -0.25) is 9.59 Å². The van der Waals surface area contributed by atoms with Crippen molar-refractivity contribution in [2.24, 2.45) is 5.73 Å². The van der Waals surface area contributed by atoms with Crippen molar-refractivity contribution < 1.29 is 14.0 Å². The predicted octanol–water partition coefficient (Wildman–Crippen LogP) is 1.15. The summed E-state index contributed by atoms with van der Waals surface area (Å²) in [6.07, 6.45) is 1.35. The predicted molar refractivity (Wildman–Crippen MR) is 72.1 cm³/mol. The van der Waals surface area contributed by atoms with Crippen molar-refractivity contribution in [2.75, 3.05) is 11.5 Å². The van der Waals surface area contributed by atoms with E-state index in [0.29, 0.717) is 18.4 Å². The average molecular weight is 282 g/mol. The zero-order chi connectivity index (χ0) is 13.8. The number of benzene rings is 1. The minimum Gasteiger partial charge on any atom is -0.369 e. The molecule has 2 amide bonds. The van der Waals surface area contributed by atoms with Crippen LogP contribution in [0.5, 0.6) is 0 Å². The molecule has 19 heavy (non-hydrogen) atoms. The quantitative estimate of drug-likeness (QED) is 0.851. The van der Waals surface area contributed by atoms with Gasteiger partial charge in [0, 0.05) is 0 Å². The van der Waals surface area contributed by atoms with Crippen LogP contribution in [0.2, 0.25) is 0 Å².